The molecule has 0 aliphatic carbocycles. The van der Waals surface area contributed by atoms with Crippen LogP contribution in [0, 0.1) is 5.92 Å². The summed E-state index contributed by atoms with van der Waals surface area (Å²) in [4.78, 5) is 0. The van der Waals surface area contributed by atoms with Crippen molar-refractivity contribution in [3.05, 3.63) is 29.8 Å². The van der Waals surface area contributed by atoms with Gasteiger partial charge in [-0.05, 0) is 49.1 Å². The Kier molecular flexibility index (Phi) is 6.24. The van der Waals surface area contributed by atoms with Gasteiger partial charge in [0.15, 0.2) is 0 Å². The minimum Gasteiger partial charge on any atom is -0.493 e. The molecule has 1 fully saturated rings. The highest BCUT2D eigenvalue weighted by Gasteiger charge is 2.16. The smallest absolute Gasteiger partial charge is 0.119 e. The topological polar surface area (TPSA) is 21.3 Å². The van der Waals surface area contributed by atoms with Crippen LogP contribution in [0.1, 0.15) is 45.2 Å². The molecule has 0 amide bonds. The van der Waals surface area contributed by atoms with E-state index >= 15 is 0 Å². The monoisotopic (exact) mass is 293 g/mol. The molecule has 1 aliphatic heterocycles. The summed E-state index contributed by atoms with van der Waals surface area (Å²) in [7, 11) is 0. The third kappa shape index (κ3) is 5.02. The van der Waals surface area contributed by atoms with E-state index in [1.807, 2.05) is 0 Å². The van der Waals surface area contributed by atoms with E-state index in [0.717, 1.165) is 12.4 Å². The number of hydrogen-bond donors (Lipinski definition) is 1. The van der Waals surface area contributed by atoms with Crippen LogP contribution in [0.4, 0.5) is 0 Å². The summed E-state index contributed by atoms with van der Waals surface area (Å²) >= 11 is 2.07. The highest BCUT2D eigenvalue weighted by Crippen LogP contribution is 2.22. The quantitative estimate of drug-likeness (QED) is 0.846. The maximum Gasteiger partial charge on any atom is 0.119 e. The van der Waals surface area contributed by atoms with Crippen molar-refractivity contribution in [2.75, 3.05) is 18.1 Å². The van der Waals surface area contributed by atoms with Gasteiger partial charge in [-0.1, -0.05) is 26.0 Å². The Morgan fingerprint density at radius 2 is 2.00 bits per heavy atom. The Bertz CT molecular complexity index is 384. The first kappa shape index (κ1) is 15.7. The summed E-state index contributed by atoms with van der Waals surface area (Å²) in [5.41, 5.74) is 1.34. The Labute approximate surface area is 127 Å². The molecule has 0 aromatic heterocycles. The van der Waals surface area contributed by atoms with E-state index in [-0.39, 0.29) is 0 Å². The maximum atomic E-state index is 5.73. The van der Waals surface area contributed by atoms with Crippen molar-refractivity contribution in [3.63, 3.8) is 0 Å². The van der Waals surface area contributed by atoms with Crippen LogP contribution >= 0.6 is 11.8 Å². The van der Waals surface area contributed by atoms with E-state index in [4.69, 9.17) is 4.74 Å². The lowest BCUT2D eigenvalue weighted by atomic mass is 10.1. The summed E-state index contributed by atoms with van der Waals surface area (Å²) in [6, 6.07) is 9.63. The van der Waals surface area contributed by atoms with Gasteiger partial charge in [-0.2, -0.15) is 11.8 Å². The summed E-state index contributed by atoms with van der Waals surface area (Å²) in [6.07, 6.45) is 2.66. The third-order valence-corrected chi connectivity index (χ3v) is 4.82. The number of nitrogens with one attached hydrogen (secondary N) is 1. The van der Waals surface area contributed by atoms with Gasteiger partial charge >= 0.3 is 0 Å². The van der Waals surface area contributed by atoms with Gasteiger partial charge in [0.1, 0.15) is 5.75 Å². The van der Waals surface area contributed by atoms with Crippen LogP contribution in [0.3, 0.4) is 0 Å². The van der Waals surface area contributed by atoms with Gasteiger partial charge in [0.05, 0.1) is 6.61 Å². The summed E-state index contributed by atoms with van der Waals surface area (Å²) in [5.74, 6) is 4.12. The van der Waals surface area contributed by atoms with Crippen molar-refractivity contribution in [1.82, 2.24) is 5.32 Å². The van der Waals surface area contributed by atoms with Gasteiger partial charge < -0.3 is 10.1 Å². The summed E-state index contributed by atoms with van der Waals surface area (Å²) in [5, 5.41) is 3.74. The predicted octanol–water partition coefficient (Wildman–Crippen LogP) is 4.27. The fourth-order valence-electron chi connectivity index (χ4n) is 2.44. The molecule has 1 heterocycles. The Balaban J connectivity index is 1.84. The predicted molar refractivity (Wildman–Crippen MR) is 88.7 cm³/mol. The molecule has 2 unspecified atom stereocenters. The van der Waals surface area contributed by atoms with Crippen LogP contribution in [0.5, 0.6) is 5.75 Å². The van der Waals surface area contributed by atoms with Crippen LogP contribution in [0.15, 0.2) is 24.3 Å². The van der Waals surface area contributed by atoms with Crippen molar-refractivity contribution in [2.45, 2.75) is 45.7 Å². The zero-order chi connectivity index (χ0) is 14.4. The second-order valence-corrected chi connectivity index (χ2v) is 7.23. The number of ether oxygens (including phenoxy) is 1. The maximum absolute atomic E-state index is 5.73. The van der Waals surface area contributed by atoms with Gasteiger partial charge in [0.2, 0.25) is 0 Å². The van der Waals surface area contributed by atoms with Gasteiger partial charge in [-0.15, -0.1) is 0 Å². The molecular formula is C17H27NOS. The molecular weight excluding hydrogens is 266 g/mol. The number of thioether (sulfide) groups is 1. The SMILES string of the molecule is CC(C)COc1ccc(C(C)NC2CCCSC2)cc1. The van der Waals surface area contributed by atoms with Crippen LogP contribution in [0.2, 0.25) is 0 Å². The molecule has 0 spiro atoms. The minimum absolute atomic E-state index is 0.415. The lowest BCUT2D eigenvalue weighted by Crippen LogP contribution is -2.35. The number of rotatable bonds is 6. The van der Waals surface area contributed by atoms with Gasteiger partial charge in [0, 0.05) is 17.8 Å². The lowest BCUT2D eigenvalue weighted by Gasteiger charge is -2.26. The lowest BCUT2D eigenvalue weighted by molar-refractivity contribution is 0.271. The molecule has 1 aliphatic rings. The van der Waals surface area contributed by atoms with Crippen molar-refractivity contribution in [3.8, 4) is 5.75 Å². The van der Waals surface area contributed by atoms with E-state index in [1.54, 1.807) is 0 Å². The van der Waals surface area contributed by atoms with Crippen LogP contribution in [-0.4, -0.2) is 24.2 Å². The van der Waals surface area contributed by atoms with Crippen molar-refractivity contribution in [2.24, 2.45) is 5.92 Å². The summed E-state index contributed by atoms with van der Waals surface area (Å²) < 4.78 is 5.73. The first-order valence-corrected chi connectivity index (χ1v) is 8.87. The van der Waals surface area contributed by atoms with Crippen molar-refractivity contribution < 1.29 is 4.74 Å². The molecule has 0 bridgehead atoms. The molecule has 2 atom stereocenters. The average molecular weight is 293 g/mol. The molecule has 112 valence electrons. The molecule has 1 saturated heterocycles. The largest absolute Gasteiger partial charge is 0.493 e. The normalized spacial score (nSPS) is 20.9. The molecule has 2 rings (SSSR count). The molecule has 0 radical (unpaired) electrons. The number of hydrogen-bond acceptors (Lipinski definition) is 3. The molecule has 1 aromatic rings. The summed E-state index contributed by atoms with van der Waals surface area (Å²) in [6.45, 7) is 7.38. The zero-order valence-corrected chi connectivity index (χ0v) is 13.7. The van der Waals surface area contributed by atoms with Crippen molar-refractivity contribution >= 4 is 11.8 Å². The van der Waals surface area contributed by atoms with Gasteiger partial charge in [-0.3, -0.25) is 0 Å². The van der Waals surface area contributed by atoms with Crippen LogP contribution < -0.4 is 10.1 Å². The molecule has 0 saturated carbocycles. The van der Waals surface area contributed by atoms with E-state index in [1.165, 1.54) is 29.9 Å². The fourth-order valence-corrected chi connectivity index (χ4v) is 3.52. The molecule has 20 heavy (non-hydrogen) atoms. The highest BCUT2D eigenvalue weighted by atomic mass is 32.2. The second kappa shape index (κ2) is 7.94. The van der Waals surface area contributed by atoms with E-state index in [0.29, 0.717) is 18.0 Å². The Morgan fingerprint density at radius 1 is 1.25 bits per heavy atom. The minimum atomic E-state index is 0.415. The first-order valence-electron chi connectivity index (χ1n) is 7.71. The van der Waals surface area contributed by atoms with Gasteiger partial charge in [-0.25, -0.2) is 0 Å². The van der Waals surface area contributed by atoms with E-state index in [9.17, 15) is 0 Å². The second-order valence-electron chi connectivity index (χ2n) is 6.08. The molecule has 2 nitrogen and oxygen atoms in total. The number of benzene rings is 1. The van der Waals surface area contributed by atoms with E-state index < -0.39 is 0 Å². The van der Waals surface area contributed by atoms with Crippen molar-refractivity contribution in [1.29, 1.82) is 0 Å². The molecule has 3 heteroatoms. The molecule has 1 N–H and O–H groups in total. The standard InChI is InChI=1S/C17H27NOS/c1-13(2)11-19-17-8-6-15(7-9-17)14(3)18-16-5-4-10-20-12-16/h6-9,13-14,16,18H,4-5,10-12H2,1-3H3. The third-order valence-electron chi connectivity index (χ3n) is 3.61. The van der Waals surface area contributed by atoms with Crippen LogP contribution in [0.25, 0.3) is 0 Å². The van der Waals surface area contributed by atoms with E-state index in [2.05, 4.69) is 62.1 Å². The zero-order valence-electron chi connectivity index (χ0n) is 12.9. The van der Waals surface area contributed by atoms with Crippen LogP contribution in [-0.2, 0) is 0 Å². The average Bonchev–Trinajstić information content (AvgIpc) is 2.46. The molecule has 1 aromatic carbocycles. The van der Waals surface area contributed by atoms with Gasteiger partial charge in [0.25, 0.3) is 0 Å². The Hall–Kier alpha value is -0.670. The fraction of sp³-hybridized carbons (Fsp3) is 0.647. The highest BCUT2D eigenvalue weighted by molar-refractivity contribution is 7.99. The Morgan fingerprint density at radius 3 is 2.60 bits per heavy atom. The first-order chi connectivity index (χ1) is 9.65.